The molecule has 5 nitrogen and oxygen atoms in total. The molecule has 140 valence electrons. The van der Waals surface area contributed by atoms with Gasteiger partial charge >= 0.3 is 0 Å². The number of hydrogen-bond donors (Lipinski definition) is 1. The Morgan fingerprint density at radius 1 is 1.40 bits per heavy atom. The van der Waals surface area contributed by atoms with E-state index in [1.165, 1.54) is 10.4 Å². The molecular weight excluding hydrogens is 445 g/mol. The quantitative estimate of drug-likeness (QED) is 0.390. The molecule has 0 spiro atoms. The number of aliphatic imine (C=N–C) groups is 1. The minimum absolute atomic E-state index is 0. The summed E-state index contributed by atoms with van der Waals surface area (Å²) in [6, 6.07) is 4.29. The summed E-state index contributed by atoms with van der Waals surface area (Å²) in [5.74, 6) is 1.81. The molecule has 2 aromatic heterocycles. The Balaban J connectivity index is 0.00000312. The van der Waals surface area contributed by atoms with Crippen molar-refractivity contribution in [1.82, 2.24) is 20.0 Å². The fourth-order valence-corrected chi connectivity index (χ4v) is 3.58. The highest BCUT2D eigenvalue weighted by molar-refractivity contribution is 14.0. The Labute approximate surface area is 172 Å². The van der Waals surface area contributed by atoms with Crippen molar-refractivity contribution in [3.8, 4) is 0 Å². The summed E-state index contributed by atoms with van der Waals surface area (Å²) in [5, 5.41) is 10.2. The Morgan fingerprint density at radius 2 is 2.12 bits per heavy atom. The van der Waals surface area contributed by atoms with Gasteiger partial charge in [0, 0.05) is 56.8 Å². The van der Waals surface area contributed by atoms with Gasteiger partial charge < -0.3 is 10.2 Å². The van der Waals surface area contributed by atoms with E-state index in [0.717, 1.165) is 24.7 Å². The second-order valence-electron chi connectivity index (χ2n) is 6.57. The molecule has 2 rings (SSSR count). The summed E-state index contributed by atoms with van der Waals surface area (Å²) in [5.41, 5.74) is 2.41. The lowest BCUT2D eigenvalue weighted by atomic mass is 10.1. The van der Waals surface area contributed by atoms with Gasteiger partial charge in [0.25, 0.3) is 0 Å². The number of hydrogen-bond acceptors (Lipinski definition) is 3. The lowest BCUT2D eigenvalue weighted by Crippen LogP contribution is -2.40. The molecule has 2 aromatic rings. The standard InChI is InChI=1S/C18H29N5S.HI/c1-13(2)17-15(12-23(6)21-17)11-22(5)18(19-4)20-10-14(3)16-8-7-9-24-16;/h7-9,12-14H,10-11H2,1-6H3,(H,19,20);1H. The summed E-state index contributed by atoms with van der Waals surface area (Å²) in [7, 11) is 5.88. The zero-order chi connectivity index (χ0) is 17.7. The van der Waals surface area contributed by atoms with Crippen molar-refractivity contribution < 1.29 is 0 Å². The van der Waals surface area contributed by atoms with Gasteiger partial charge in [-0.2, -0.15) is 5.10 Å². The van der Waals surface area contributed by atoms with Gasteiger partial charge in [-0.3, -0.25) is 9.67 Å². The van der Waals surface area contributed by atoms with E-state index in [-0.39, 0.29) is 24.0 Å². The molecule has 0 saturated carbocycles. The Hall–Kier alpha value is -1.09. The third-order valence-corrected chi connectivity index (χ3v) is 5.16. The molecule has 1 N–H and O–H groups in total. The molecule has 0 radical (unpaired) electrons. The van der Waals surface area contributed by atoms with Gasteiger partial charge in [-0.05, 0) is 17.4 Å². The molecule has 1 unspecified atom stereocenters. The van der Waals surface area contributed by atoms with Gasteiger partial charge in [-0.1, -0.05) is 26.8 Å². The highest BCUT2D eigenvalue weighted by Gasteiger charge is 2.15. The van der Waals surface area contributed by atoms with Gasteiger partial charge in [0.15, 0.2) is 5.96 Å². The zero-order valence-electron chi connectivity index (χ0n) is 16.0. The van der Waals surface area contributed by atoms with E-state index in [2.05, 4.69) is 71.8 Å². The summed E-state index contributed by atoms with van der Waals surface area (Å²) >= 11 is 1.80. The van der Waals surface area contributed by atoms with Crippen LogP contribution in [0.2, 0.25) is 0 Å². The number of aryl methyl sites for hydroxylation is 1. The van der Waals surface area contributed by atoms with Crippen LogP contribution in [-0.2, 0) is 13.6 Å². The van der Waals surface area contributed by atoms with Gasteiger partial charge in [-0.15, -0.1) is 35.3 Å². The van der Waals surface area contributed by atoms with Crippen LogP contribution in [0.1, 0.15) is 48.7 Å². The summed E-state index contributed by atoms with van der Waals surface area (Å²) in [6.45, 7) is 8.28. The normalized spacial score (nSPS) is 12.8. The Kier molecular flexibility index (Phi) is 8.92. The molecule has 0 fully saturated rings. The number of nitrogens with zero attached hydrogens (tertiary/aromatic N) is 4. The van der Waals surface area contributed by atoms with E-state index >= 15 is 0 Å². The second kappa shape index (κ2) is 10.2. The fraction of sp³-hybridized carbons (Fsp3) is 0.556. The topological polar surface area (TPSA) is 45.5 Å². The van der Waals surface area contributed by atoms with Gasteiger partial charge in [-0.25, -0.2) is 0 Å². The average Bonchev–Trinajstić information content (AvgIpc) is 3.17. The van der Waals surface area contributed by atoms with E-state index < -0.39 is 0 Å². The number of guanidine groups is 1. The second-order valence-corrected chi connectivity index (χ2v) is 7.55. The van der Waals surface area contributed by atoms with E-state index in [1.54, 1.807) is 11.3 Å². The van der Waals surface area contributed by atoms with E-state index in [0.29, 0.717) is 11.8 Å². The molecule has 0 aromatic carbocycles. The maximum Gasteiger partial charge on any atom is 0.193 e. The summed E-state index contributed by atoms with van der Waals surface area (Å²) in [4.78, 5) is 7.98. The molecule has 1 atom stereocenters. The molecule has 0 aliphatic heterocycles. The molecule has 0 bridgehead atoms. The maximum absolute atomic E-state index is 4.59. The lowest BCUT2D eigenvalue weighted by molar-refractivity contribution is 0.470. The minimum atomic E-state index is 0. The molecule has 0 aliphatic rings. The number of thiophene rings is 1. The van der Waals surface area contributed by atoms with Crippen LogP contribution in [0.5, 0.6) is 0 Å². The van der Waals surface area contributed by atoms with Crippen molar-refractivity contribution in [1.29, 1.82) is 0 Å². The SMILES string of the molecule is CN=C(NCC(C)c1cccs1)N(C)Cc1cn(C)nc1C(C)C.I. The van der Waals surface area contributed by atoms with E-state index in [9.17, 15) is 0 Å². The van der Waals surface area contributed by atoms with E-state index in [4.69, 9.17) is 0 Å². The van der Waals surface area contributed by atoms with Crippen molar-refractivity contribution in [2.24, 2.45) is 12.0 Å². The van der Waals surface area contributed by atoms with Crippen LogP contribution in [0.4, 0.5) is 0 Å². The minimum Gasteiger partial charge on any atom is -0.356 e. The van der Waals surface area contributed by atoms with E-state index in [1.807, 2.05) is 18.8 Å². The Bertz CT molecular complexity index is 663. The average molecular weight is 475 g/mol. The van der Waals surface area contributed by atoms with Crippen LogP contribution in [0.15, 0.2) is 28.7 Å². The number of rotatable bonds is 6. The first-order valence-electron chi connectivity index (χ1n) is 8.40. The maximum atomic E-state index is 4.59. The van der Waals surface area contributed by atoms with Crippen molar-refractivity contribution in [3.05, 3.63) is 39.8 Å². The largest absolute Gasteiger partial charge is 0.356 e. The molecule has 2 heterocycles. The first kappa shape index (κ1) is 22.0. The predicted octanol–water partition coefficient (Wildman–Crippen LogP) is 4.03. The molecule has 25 heavy (non-hydrogen) atoms. The first-order valence-corrected chi connectivity index (χ1v) is 9.28. The van der Waals surface area contributed by atoms with Crippen molar-refractivity contribution in [2.45, 2.75) is 39.2 Å². The van der Waals surface area contributed by atoms with Gasteiger partial charge in [0.2, 0.25) is 0 Å². The number of halogens is 1. The molecule has 0 amide bonds. The highest BCUT2D eigenvalue weighted by atomic mass is 127. The van der Waals surface area contributed by atoms with Gasteiger partial charge in [0.1, 0.15) is 0 Å². The van der Waals surface area contributed by atoms with Crippen LogP contribution in [0.25, 0.3) is 0 Å². The predicted molar refractivity (Wildman–Crippen MR) is 118 cm³/mol. The first-order chi connectivity index (χ1) is 11.4. The third kappa shape index (κ3) is 5.99. The molecular formula is C18H30IN5S. The van der Waals surface area contributed by atoms with Crippen LogP contribution in [-0.4, -0.2) is 41.3 Å². The van der Waals surface area contributed by atoms with Crippen molar-refractivity contribution in [2.75, 3.05) is 20.6 Å². The fourth-order valence-electron chi connectivity index (χ4n) is 2.79. The zero-order valence-corrected chi connectivity index (χ0v) is 19.1. The van der Waals surface area contributed by atoms with Gasteiger partial charge in [0.05, 0.1) is 5.69 Å². The summed E-state index contributed by atoms with van der Waals surface area (Å²) in [6.07, 6.45) is 2.10. The third-order valence-electron chi connectivity index (χ3n) is 4.06. The monoisotopic (exact) mass is 475 g/mol. The smallest absolute Gasteiger partial charge is 0.193 e. The lowest BCUT2D eigenvalue weighted by Gasteiger charge is -2.23. The molecule has 7 heteroatoms. The van der Waals surface area contributed by atoms with Crippen LogP contribution in [0, 0.1) is 0 Å². The van der Waals surface area contributed by atoms with Crippen LogP contribution in [0.3, 0.4) is 0 Å². The molecule has 0 saturated heterocycles. The Morgan fingerprint density at radius 3 is 2.68 bits per heavy atom. The number of nitrogens with one attached hydrogen (secondary N) is 1. The van der Waals surface area contributed by atoms with Crippen molar-refractivity contribution >= 4 is 41.3 Å². The molecule has 0 aliphatic carbocycles. The van der Waals surface area contributed by atoms with Crippen LogP contribution < -0.4 is 5.32 Å². The number of aromatic nitrogens is 2. The van der Waals surface area contributed by atoms with Crippen molar-refractivity contribution in [3.63, 3.8) is 0 Å². The van der Waals surface area contributed by atoms with Crippen LogP contribution >= 0.6 is 35.3 Å². The highest BCUT2D eigenvalue weighted by Crippen LogP contribution is 2.20. The summed E-state index contributed by atoms with van der Waals surface area (Å²) < 4.78 is 1.90.